The van der Waals surface area contributed by atoms with Crippen molar-refractivity contribution in [3.63, 3.8) is 0 Å². The third-order valence-electron chi connectivity index (χ3n) is 1.85. The molecule has 0 aliphatic rings. The normalized spacial score (nSPS) is 10.6. The number of rotatable bonds is 2. The van der Waals surface area contributed by atoms with Crippen LogP contribution in [0.1, 0.15) is 5.82 Å². The zero-order valence-electron chi connectivity index (χ0n) is 7.56. The Balaban J connectivity index is 2.54. The van der Waals surface area contributed by atoms with Crippen molar-refractivity contribution in [2.24, 2.45) is 5.73 Å². The Kier molecular flexibility index (Phi) is 2.61. The molecule has 0 spiro atoms. The minimum absolute atomic E-state index is 0.181. The van der Waals surface area contributed by atoms with Gasteiger partial charge in [-0.15, -0.1) is 5.10 Å². The van der Waals surface area contributed by atoms with Crippen molar-refractivity contribution in [2.75, 3.05) is 0 Å². The maximum atomic E-state index is 12.8. The maximum Gasteiger partial charge on any atom is 0.170 e. The number of hydrogen-bond donors (Lipinski definition) is 1. The number of nitrogens with zero attached hydrogens (tertiary/aromatic N) is 4. The molecule has 2 aromatic rings. The molecule has 15 heavy (non-hydrogen) atoms. The molecular weight excluding hydrogens is 221 g/mol. The van der Waals surface area contributed by atoms with Crippen LogP contribution in [0, 0.1) is 5.82 Å². The van der Waals surface area contributed by atoms with Crippen molar-refractivity contribution >= 4 is 11.6 Å². The molecule has 2 rings (SSSR count). The molecule has 0 atom stereocenters. The lowest BCUT2D eigenvalue weighted by Crippen LogP contribution is -2.08. The summed E-state index contributed by atoms with van der Waals surface area (Å²) in [6.45, 7) is 0.181. The van der Waals surface area contributed by atoms with Crippen LogP contribution in [0.5, 0.6) is 0 Å². The Morgan fingerprint density at radius 3 is 2.93 bits per heavy atom. The molecule has 1 aromatic carbocycles. The quantitative estimate of drug-likeness (QED) is 0.828. The van der Waals surface area contributed by atoms with Crippen LogP contribution in [-0.2, 0) is 6.54 Å². The molecule has 0 saturated heterocycles. The van der Waals surface area contributed by atoms with E-state index in [-0.39, 0.29) is 11.6 Å². The van der Waals surface area contributed by atoms with Crippen LogP contribution in [0.2, 0.25) is 5.02 Å². The first-order valence-electron chi connectivity index (χ1n) is 4.15. The summed E-state index contributed by atoms with van der Waals surface area (Å²) < 4.78 is 14.2. The molecule has 1 aromatic heterocycles. The van der Waals surface area contributed by atoms with E-state index >= 15 is 0 Å². The molecule has 78 valence electrons. The third kappa shape index (κ3) is 1.81. The monoisotopic (exact) mass is 227 g/mol. The number of nitrogens with two attached hydrogens (primary N) is 1. The molecule has 0 fully saturated rings. The SMILES string of the molecule is NCc1nnnn1-c1ccc(F)cc1Cl. The largest absolute Gasteiger partial charge is 0.324 e. The predicted molar refractivity (Wildman–Crippen MR) is 52.0 cm³/mol. The lowest BCUT2D eigenvalue weighted by molar-refractivity contribution is 0.626. The highest BCUT2D eigenvalue weighted by Crippen LogP contribution is 2.20. The Morgan fingerprint density at radius 2 is 2.27 bits per heavy atom. The number of hydrogen-bond acceptors (Lipinski definition) is 4. The van der Waals surface area contributed by atoms with Gasteiger partial charge in [-0.3, -0.25) is 0 Å². The van der Waals surface area contributed by atoms with E-state index in [0.717, 1.165) is 0 Å². The maximum absolute atomic E-state index is 12.8. The summed E-state index contributed by atoms with van der Waals surface area (Å²) in [4.78, 5) is 0. The van der Waals surface area contributed by atoms with E-state index in [4.69, 9.17) is 17.3 Å². The van der Waals surface area contributed by atoms with Crippen molar-refractivity contribution in [1.82, 2.24) is 20.2 Å². The topological polar surface area (TPSA) is 69.6 Å². The van der Waals surface area contributed by atoms with E-state index in [0.29, 0.717) is 11.5 Å². The molecular formula is C8H7ClFN5. The van der Waals surface area contributed by atoms with E-state index in [9.17, 15) is 4.39 Å². The van der Waals surface area contributed by atoms with Crippen LogP contribution < -0.4 is 5.73 Å². The van der Waals surface area contributed by atoms with Gasteiger partial charge in [-0.2, -0.15) is 4.68 Å². The molecule has 7 heteroatoms. The van der Waals surface area contributed by atoms with E-state index in [2.05, 4.69) is 15.5 Å². The third-order valence-corrected chi connectivity index (χ3v) is 2.16. The molecule has 0 unspecified atom stereocenters. The molecule has 0 aliphatic carbocycles. The minimum atomic E-state index is -0.411. The highest BCUT2D eigenvalue weighted by Gasteiger charge is 2.10. The number of aromatic nitrogens is 4. The van der Waals surface area contributed by atoms with Gasteiger partial charge < -0.3 is 5.73 Å². The highest BCUT2D eigenvalue weighted by atomic mass is 35.5. The van der Waals surface area contributed by atoms with Gasteiger partial charge in [0.2, 0.25) is 0 Å². The Morgan fingerprint density at radius 1 is 1.47 bits per heavy atom. The Hall–Kier alpha value is -1.53. The van der Waals surface area contributed by atoms with Gasteiger partial charge in [-0.25, -0.2) is 4.39 Å². The van der Waals surface area contributed by atoms with Gasteiger partial charge in [-0.05, 0) is 28.6 Å². The van der Waals surface area contributed by atoms with Gasteiger partial charge in [-0.1, -0.05) is 11.6 Å². The van der Waals surface area contributed by atoms with E-state index < -0.39 is 5.82 Å². The second-order valence-corrected chi connectivity index (χ2v) is 3.21. The summed E-state index contributed by atoms with van der Waals surface area (Å²) in [7, 11) is 0. The van der Waals surface area contributed by atoms with Crippen molar-refractivity contribution in [3.05, 3.63) is 34.9 Å². The summed E-state index contributed by atoms with van der Waals surface area (Å²) in [5.41, 5.74) is 5.94. The fourth-order valence-electron chi connectivity index (χ4n) is 1.17. The van der Waals surface area contributed by atoms with E-state index in [1.807, 2.05) is 0 Å². The molecule has 2 N–H and O–H groups in total. The van der Waals surface area contributed by atoms with Crippen LogP contribution in [0.25, 0.3) is 5.69 Å². The van der Waals surface area contributed by atoms with Crippen LogP contribution in [0.15, 0.2) is 18.2 Å². The average molecular weight is 228 g/mol. The molecule has 1 heterocycles. The predicted octanol–water partition coefficient (Wildman–Crippen LogP) is 0.913. The minimum Gasteiger partial charge on any atom is -0.324 e. The zero-order valence-corrected chi connectivity index (χ0v) is 8.32. The molecule has 5 nitrogen and oxygen atoms in total. The number of benzene rings is 1. The van der Waals surface area contributed by atoms with Crippen molar-refractivity contribution in [3.8, 4) is 5.69 Å². The van der Waals surface area contributed by atoms with Crippen LogP contribution in [0.4, 0.5) is 4.39 Å². The summed E-state index contributed by atoms with van der Waals surface area (Å²) in [5.74, 6) is 0.0506. The molecule has 0 aliphatic heterocycles. The summed E-state index contributed by atoms with van der Waals surface area (Å²) >= 11 is 5.85. The first-order valence-corrected chi connectivity index (χ1v) is 4.53. The fraction of sp³-hybridized carbons (Fsp3) is 0.125. The highest BCUT2D eigenvalue weighted by molar-refractivity contribution is 6.32. The second-order valence-electron chi connectivity index (χ2n) is 2.81. The molecule has 0 radical (unpaired) electrons. The van der Waals surface area contributed by atoms with Crippen molar-refractivity contribution in [1.29, 1.82) is 0 Å². The lowest BCUT2D eigenvalue weighted by Gasteiger charge is -2.04. The van der Waals surface area contributed by atoms with Crippen LogP contribution >= 0.6 is 11.6 Å². The van der Waals surface area contributed by atoms with Gasteiger partial charge in [0, 0.05) is 0 Å². The number of halogens is 2. The molecule has 0 saturated carbocycles. The lowest BCUT2D eigenvalue weighted by atomic mass is 10.3. The summed E-state index contributed by atoms with van der Waals surface area (Å²) in [6, 6.07) is 3.97. The van der Waals surface area contributed by atoms with Gasteiger partial charge in [0.25, 0.3) is 0 Å². The second kappa shape index (κ2) is 3.92. The first-order chi connectivity index (χ1) is 7.22. The zero-order chi connectivity index (χ0) is 10.8. The van der Waals surface area contributed by atoms with Crippen LogP contribution in [0.3, 0.4) is 0 Å². The smallest absolute Gasteiger partial charge is 0.170 e. The van der Waals surface area contributed by atoms with Crippen molar-refractivity contribution < 1.29 is 4.39 Å². The van der Waals surface area contributed by atoms with Gasteiger partial charge in [0.1, 0.15) is 5.82 Å². The van der Waals surface area contributed by atoms with E-state index in [1.54, 1.807) is 0 Å². The fourth-order valence-corrected chi connectivity index (χ4v) is 1.42. The Bertz CT molecular complexity index is 484. The molecule has 0 amide bonds. The number of tetrazole rings is 1. The Labute approximate surface area is 89.6 Å². The standard InChI is InChI=1S/C8H7ClFN5/c9-6-3-5(10)1-2-7(6)15-8(4-11)12-13-14-15/h1-3H,4,11H2. The molecule has 0 bridgehead atoms. The first kappa shape index (κ1) is 10.0. The van der Waals surface area contributed by atoms with Gasteiger partial charge in [0.15, 0.2) is 5.82 Å². The van der Waals surface area contributed by atoms with Crippen LogP contribution in [-0.4, -0.2) is 20.2 Å². The van der Waals surface area contributed by atoms with E-state index in [1.165, 1.54) is 22.9 Å². The van der Waals surface area contributed by atoms with Gasteiger partial charge >= 0.3 is 0 Å². The van der Waals surface area contributed by atoms with Crippen molar-refractivity contribution in [2.45, 2.75) is 6.54 Å². The summed E-state index contributed by atoms with van der Waals surface area (Å²) in [6.07, 6.45) is 0. The average Bonchev–Trinajstić information content (AvgIpc) is 2.65. The van der Waals surface area contributed by atoms with Gasteiger partial charge in [0.05, 0.1) is 17.3 Å². The summed E-state index contributed by atoms with van der Waals surface area (Å²) in [5, 5.41) is 11.1.